The van der Waals surface area contributed by atoms with Crippen LogP contribution in [0.25, 0.3) is 0 Å². The van der Waals surface area contributed by atoms with Gasteiger partial charge < -0.3 is 9.63 Å². The van der Waals surface area contributed by atoms with Gasteiger partial charge in [-0.1, -0.05) is 42.4 Å². The van der Waals surface area contributed by atoms with Crippen molar-refractivity contribution in [2.45, 2.75) is 38.8 Å². The maximum atomic E-state index is 10.3. The van der Waals surface area contributed by atoms with Crippen LogP contribution in [0.2, 0.25) is 0 Å². The monoisotopic (exact) mass is 344 g/mol. The van der Waals surface area contributed by atoms with E-state index >= 15 is 0 Å². The number of β-amino-alcohol motifs (C(OH)–C–C–N with tert-alkyl or cyclic N) is 1. The minimum Gasteiger partial charge on any atom is -0.391 e. The fourth-order valence-corrected chi connectivity index (χ4v) is 3.32. The van der Waals surface area contributed by atoms with Gasteiger partial charge in [0.25, 0.3) is 0 Å². The molecular formula is C19H28N4O2. The summed E-state index contributed by atoms with van der Waals surface area (Å²) in [6, 6.07) is 10.3. The van der Waals surface area contributed by atoms with Gasteiger partial charge in [-0.25, -0.2) is 0 Å². The van der Waals surface area contributed by atoms with Gasteiger partial charge in [0.05, 0.1) is 12.1 Å². The van der Waals surface area contributed by atoms with Crippen LogP contribution in [0.1, 0.15) is 37.2 Å². The Morgan fingerprint density at radius 2 is 1.88 bits per heavy atom. The molecule has 0 spiro atoms. The first-order chi connectivity index (χ1) is 12.2. The second kappa shape index (κ2) is 8.56. The number of aliphatic hydroxyl groups excluding tert-OH is 1. The maximum Gasteiger partial charge on any atom is 0.243 e. The first-order valence-electron chi connectivity index (χ1n) is 9.16. The van der Waals surface area contributed by atoms with Crippen molar-refractivity contribution in [2.24, 2.45) is 0 Å². The molecule has 6 heteroatoms. The van der Waals surface area contributed by atoms with Crippen molar-refractivity contribution in [3.05, 3.63) is 47.6 Å². The molecule has 0 bridgehead atoms. The number of hydrogen-bond donors (Lipinski definition) is 1. The highest BCUT2D eigenvalue weighted by Crippen LogP contribution is 2.20. The fraction of sp³-hybridized carbons (Fsp3) is 0.579. The number of aromatic nitrogens is 2. The molecule has 25 heavy (non-hydrogen) atoms. The normalized spacial score (nSPS) is 19.0. The molecule has 0 radical (unpaired) electrons. The van der Waals surface area contributed by atoms with Gasteiger partial charge in [-0.15, -0.1) is 0 Å². The van der Waals surface area contributed by atoms with Crippen LogP contribution in [0, 0.1) is 0 Å². The van der Waals surface area contributed by atoms with E-state index in [1.54, 1.807) is 0 Å². The molecule has 1 aliphatic rings. The van der Waals surface area contributed by atoms with Crippen molar-refractivity contribution in [3.8, 4) is 0 Å². The van der Waals surface area contributed by atoms with Crippen molar-refractivity contribution in [1.82, 2.24) is 19.9 Å². The predicted molar refractivity (Wildman–Crippen MR) is 96.3 cm³/mol. The van der Waals surface area contributed by atoms with Crippen LogP contribution in [0.3, 0.4) is 0 Å². The zero-order chi connectivity index (χ0) is 17.6. The van der Waals surface area contributed by atoms with E-state index in [1.165, 1.54) is 5.56 Å². The number of aryl methyl sites for hydroxylation is 1. The molecule has 6 nitrogen and oxygen atoms in total. The summed E-state index contributed by atoms with van der Waals surface area (Å²) in [5.74, 6) is 1.47. The average molecular weight is 344 g/mol. The Morgan fingerprint density at radius 1 is 1.16 bits per heavy atom. The summed E-state index contributed by atoms with van der Waals surface area (Å²) in [4.78, 5) is 9.15. The highest BCUT2D eigenvalue weighted by molar-refractivity contribution is 5.15. The molecule has 1 N–H and O–H groups in total. The lowest BCUT2D eigenvalue weighted by Crippen LogP contribution is -2.49. The lowest BCUT2D eigenvalue weighted by Gasteiger charge is -2.37. The molecule has 0 saturated carbocycles. The standard InChI is InChI=1S/C19H28N4O2/c1-3-18-20-19(25-21-18)15(2)23-11-9-22(10-12-23)14-17(24)13-16-7-5-4-6-8-16/h4-8,15,17,24H,3,9-14H2,1-2H3/t15-,17-/m0/s1. The number of nitrogens with zero attached hydrogens (tertiary/aromatic N) is 4. The third-order valence-electron chi connectivity index (χ3n) is 4.90. The highest BCUT2D eigenvalue weighted by Gasteiger charge is 2.26. The van der Waals surface area contributed by atoms with Gasteiger partial charge in [0, 0.05) is 39.1 Å². The minimum absolute atomic E-state index is 0.143. The van der Waals surface area contributed by atoms with Crippen LogP contribution in [-0.2, 0) is 12.8 Å². The van der Waals surface area contributed by atoms with Crippen LogP contribution in [0.5, 0.6) is 0 Å². The molecule has 2 heterocycles. The number of rotatable bonds is 7. The van der Waals surface area contributed by atoms with E-state index in [2.05, 4.69) is 39.0 Å². The van der Waals surface area contributed by atoms with E-state index in [9.17, 15) is 5.11 Å². The largest absolute Gasteiger partial charge is 0.391 e. The summed E-state index contributed by atoms with van der Waals surface area (Å²) in [7, 11) is 0. The van der Waals surface area contributed by atoms with Gasteiger partial charge in [-0.3, -0.25) is 9.80 Å². The molecule has 1 aromatic carbocycles. The van der Waals surface area contributed by atoms with E-state index in [0.717, 1.165) is 45.0 Å². The van der Waals surface area contributed by atoms with Gasteiger partial charge in [-0.05, 0) is 18.9 Å². The minimum atomic E-state index is -0.325. The van der Waals surface area contributed by atoms with Crippen molar-refractivity contribution < 1.29 is 9.63 Å². The van der Waals surface area contributed by atoms with Crippen LogP contribution in [0.15, 0.2) is 34.9 Å². The van der Waals surface area contributed by atoms with Crippen molar-refractivity contribution >= 4 is 0 Å². The summed E-state index contributed by atoms with van der Waals surface area (Å²) >= 11 is 0. The molecule has 1 saturated heterocycles. The first kappa shape index (κ1) is 18.0. The summed E-state index contributed by atoms with van der Waals surface area (Å²) in [5, 5.41) is 14.3. The Balaban J connectivity index is 1.45. The molecule has 0 aliphatic carbocycles. The molecule has 1 aliphatic heterocycles. The van der Waals surface area contributed by atoms with Crippen LogP contribution >= 0.6 is 0 Å². The van der Waals surface area contributed by atoms with Crippen LogP contribution in [0.4, 0.5) is 0 Å². The van der Waals surface area contributed by atoms with E-state index in [0.29, 0.717) is 12.3 Å². The molecule has 3 rings (SSSR count). The van der Waals surface area contributed by atoms with Crippen LogP contribution < -0.4 is 0 Å². The number of hydrogen-bond acceptors (Lipinski definition) is 6. The number of piperazine rings is 1. The Labute approximate surface area is 149 Å². The van der Waals surface area contributed by atoms with Gasteiger partial charge in [0.15, 0.2) is 5.82 Å². The molecule has 136 valence electrons. The lowest BCUT2D eigenvalue weighted by atomic mass is 10.1. The quantitative estimate of drug-likeness (QED) is 0.828. The third-order valence-corrected chi connectivity index (χ3v) is 4.90. The Morgan fingerprint density at radius 3 is 2.52 bits per heavy atom. The Bertz CT molecular complexity index is 638. The fourth-order valence-electron chi connectivity index (χ4n) is 3.32. The lowest BCUT2D eigenvalue weighted by molar-refractivity contribution is 0.0529. The highest BCUT2D eigenvalue weighted by atomic mass is 16.5. The van der Waals surface area contributed by atoms with Gasteiger partial charge in [0.1, 0.15) is 0 Å². The molecule has 1 aromatic heterocycles. The molecule has 1 fully saturated rings. The van der Waals surface area contributed by atoms with Gasteiger partial charge in [-0.2, -0.15) is 4.98 Å². The maximum absolute atomic E-state index is 10.3. The average Bonchev–Trinajstić information content (AvgIpc) is 3.12. The van der Waals surface area contributed by atoms with Crippen LogP contribution in [-0.4, -0.2) is 63.9 Å². The van der Waals surface area contributed by atoms with E-state index in [4.69, 9.17) is 4.52 Å². The third kappa shape index (κ3) is 4.87. The van der Waals surface area contributed by atoms with Gasteiger partial charge in [0.2, 0.25) is 5.89 Å². The second-order valence-corrected chi connectivity index (χ2v) is 6.76. The molecule has 2 atom stereocenters. The number of aliphatic hydroxyl groups is 1. The SMILES string of the molecule is CCc1noc([C@H](C)N2CCN(C[C@@H](O)Cc3ccccc3)CC2)n1. The van der Waals surface area contributed by atoms with E-state index in [-0.39, 0.29) is 12.1 Å². The molecular weight excluding hydrogens is 316 g/mol. The first-order valence-corrected chi connectivity index (χ1v) is 9.16. The van der Waals surface area contributed by atoms with E-state index < -0.39 is 0 Å². The summed E-state index contributed by atoms with van der Waals surface area (Å²) in [6.45, 7) is 8.66. The van der Waals surface area contributed by atoms with Crippen molar-refractivity contribution in [1.29, 1.82) is 0 Å². The topological polar surface area (TPSA) is 65.6 Å². The molecule has 0 unspecified atom stereocenters. The van der Waals surface area contributed by atoms with Crippen molar-refractivity contribution in [3.63, 3.8) is 0 Å². The summed E-state index contributed by atoms with van der Waals surface area (Å²) in [6.07, 6.45) is 1.18. The predicted octanol–water partition coefficient (Wildman–Crippen LogP) is 1.91. The zero-order valence-electron chi connectivity index (χ0n) is 15.1. The molecule has 0 amide bonds. The van der Waals surface area contributed by atoms with Gasteiger partial charge >= 0.3 is 0 Å². The summed E-state index contributed by atoms with van der Waals surface area (Å²) in [5.41, 5.74) is 1.19. The second-order valence-electron chi connectivity index (χ2n) is 6.76. The van der Waals surface area contributed by atoms with Crippen molar-refractivity contribution in [2.75, 3.05) is 32.7 Å². The Kier molecular flexibility index (Phi) is 6.18. The molecule has 2 aromatic rings. The zero-order valence-corrected chi connectivity index (χ0v) is 15.1. The summed E-state index contributed by atoms with van der Waals surface area (Å²) < 4.78 is 5.37. The number of benzene rings is 1. The van der Waals surface area contributed by atoms with E-state index in [1.807, 2.05) is 25.1 Å². The Hall–Kier alpha value is -1.76. The smallest absolute Gasteiger partial charge is 0.243 e.